The molecule has 2 saturated carbocycles. The van der Waals surface area contributed by atoms with Crippen LogP contribution in [0.25, 0.3) is 0 Å². The summed E-state index contributed by atoms with van der Waals surface area (Å²) in [5, 5.41) is 15.2. The molecule has 2 aliphatic rings. The highest BCUT2D eigenvalue weighted by Crippen LogP contribution is 2.28. The van der Waals surface area contributed by atoms with Crippen molar-refractivity contribution in [1.82, 2.24) is 10.6 Å². The summed E-state index contributed by atoms with van der Waals surface area (Å²) in [7, 11) is 0. The molecule has 21 heavy (non-hydrogen) atoms. The van der Waals surface area contributed by atoms with E-state index in [1.807, 2.05) is 0 Å². The fourth-order valence-electron chi connectivity index (χ4n) is 3.59. The number of nitrogens with one attached hydrogen (secondary N) is 2. The lowest BCUT2D eigenvalue weighted by molar-refractivity contribution is -0.145. The van der Waals surface area contributed by atoms with E-state index < -0.39 is 11.5 Å². The number of amides is 2. The monoisotopic (exact) mass is 296 g/mol. The summed E-state index contributed by atoms with van der Waals surface area (Å²) in [5.41, 5.74) is -1.05. The predicted molar refractivity (Wildman–Crippen MR) is 81.2 cm³/mol. The van der Waals surface area contributed by atoms with Crippen molar-refractivity contribution >= 4 is 12.0 Å². The molecule has 0 bridgehead atoms. The first-order valence-corrected chi connectivity index (χ1v) is 8.44. The summed E-state index contributed by atoms with van der Waals surface area (Å²) in [4.78, 5) is 23.8. The summed E-state index contributed by atoms with van der Waals surface area (Å²) in [6, 6.07) is -0.107. The van der Waals surface area contributed by atoms with Gasteiger partial charge in [-0.05, 0) is 25.7 Å². The van der Waals surface area contributed by atoms with Crippen molar-refractivity contribution in [3.8, 4) is 0 Å². The van der Waals surface area contributed by atoms with Crippen LogP contribution in [0, 0.1) is 0 Å². The minimum Gasteiger partial charge on any atom is -0.480 e. The number of carboxylic acid groups (broad SMARTS) is 1. The van der Waals surface area contributed by atoms with Gasteiger partial charge in [0.05, 0.1) is 0 Å². The molecule has 0 heterocycles. The van der Waals surface area contributed by atoms with E-state index in [0.29, 0.717) is 12.8 Å². The van der Waals surface area contributed by atoms with Crippen LogP contribution in [0.5, 0.6) is 0 Å². The normalized spacial score (nSPS) is 23.6. The average molecular weight is 296 g/mol. The van der Waals surface area contributed by atoms with Gasteiger partial charge in [-0.25, -0.2) is 9.59 Å². The molecule has 5 heteroatoms. The zero-order valence-electron chi connectivity index (χ0n) is 12.8. The second-order valence-electron chi connectivity index (χ2n) is 6.59. The van der Waals surface area contributed by atoms with Gasteiger partial charge in [-0.15, -0.1) is 0 Å². The van der Waals surface area contributed by atoms with Crippen LogP contribution in [0.1, 0.15) is 77.0 Å². The lowest BCUT2D eigenvalue weighted by atomic mass is 9.82. The molecule has 0 atom stereocenters. The van der Waals surface area contributed by atoms with Crippen molar-refractivity contribution in [2.75, 3.05) is 0 Å². The Bertz CT molecular complexity index is 357. The van der Waals surface area contributed by atoms with Crippen LogP contribution in [-0.2, 0) is 4.79 Å². The molecule has 0 aromatic carbocycles. The molecule has 0 aliphatic heterocycles. The minimum atomic E-state index is -1.05. The highest BCUT2D eigenvalue weighted by atomic mass is 16.4. The second kappa shape index (κ2) is 7.66. The Balaban J connectivity index is 1.87. The Labute approximate surface area is 126 Å². The van der Waals surface area contributed by atoms with E-state index in [9.17, 15) is 14.7 Å². The number of carbonyl (C=O) groups is 2. The van der Waals surface area contributed by atoms with Crippen molar-refractivity contribution in [3.63, 3.8) is 0 Å². The summed E-state index contributed by atoms with van der Waals surface area (Å²) in [5.74, 6) is -0.894. The van der Waals surface area contributed by atoms with E-state index in [1.54, 1.807) is 0 Å². The van der Waals surface area contributed by atoms with Gasteiger partial charge in [0.15, 0.2) is 0 Å². The molecule has 0 aromatic heterocycles. The molecular formula is C16H28N2O3. The van der Waals surface area contributed by atoms with Crippen molar-refractivity contribution in [2.45, 2.75) is 88.6 Å². The van der Waals surface area contributed by atoms with Crippen LogP contribution >= 0.6 is 0 Å². The number of hydrogen-bond acceptors (Lipinski definition) is 2. The SMILES string of the molecule is O=C(NC1CCCCCCC1)NC1(C(=O)O)CCCCC1. The molecule has 2 amide bonds. The van der Waals surface area contributed by atoms with E-state index in [-0.39, 0.29) is 12.1 Å². The van der Waals surface area contributed by atoms with Crippen molar-refractivity contribution in [1.29, 1.82) is 0 Å². The Morgan fingerprint density at radius 1 is 0.857 bits per heavy atom. The van der Waals surface area contributed by atoms with Crippen LogP contribution in [-0.4, -0.2) is 28.7 Å². The molecule has 2 rings (SSSR count). The number of carboxylic acids is 1. The third-order valence-electron chi connectivity index (χ3n) is 4.91. The third-order valence-corrected chi connectivity index (χ3v) is 4.91. The Hall–Kier alpha value is -1.26. The average Bonchev–Trinajstić information content (AvgIpc) is 2.42. The first kappa shape index (κ1) is 16.1. The first-order valence-electron chi connectivity index (χ1n) is 8.44. The summed E-state index contributed by atoms with van der Waals surface area (Å²) in [6.45, 7) is 0. The van der Waals surface area contributed by atoms with Gasteiger partial charge in [0.25, 0.3) is 0 Å². The van der Waals surface area contributed by atoms with Crippen LogP contribution < -0.4 is 10.6 Å². The zero-order chi connectivity index (χ0) is 15.1. The second-order valence-corrected chi connectivity index (χ2v) is 6.59. The number of rotatable bonds is 3. The fourth-order valence-corrected chi connectivity index (χ4v) is 3.59. The number of aliphatic carboxylic acids is 1. The van der Waals surface area contributed by atoms with E-state index in [1.165, 1.54) is 19.3 Å². The van der Waals surface area contributed by atoms with Crippen molar-refractivity contribution < 1.29 is 14.7 Å². The maximum Gasteiger partial charge on any atom is 0.329 e. The minimum absolute atomic E-state index is 0.194. The maximum atomic E-state index is 12.2. The number of urea groups is 1. The summed E-state index contributed by atoms with van der Waals surface area (Å²) >= 11 is 0. The van der Waals surface area contributed by atoms with Gasteiger partial charge in [0.1, 0.15) is 5.54 Å². The molecule has 0 spiro atoms. The van der Waals surface area contributed by atoms with Gasteiger partial charge in [-0.3, -0.25) is 0 Å². The molecule has 3 N–H and O–H groups in total. The molecule has 0 radical (unpaired) electrons. The van der Waals surface area contributed by atoms with Gasteiger partial charge in [0, 0.05) is 6.04 Å². The van der Waals surface area contributed by atoms with Gasteiger partial charge >= 0.3 is 12.0 Å². The summed E-state index contributed by atoms with van der Waals surface area (Å²) < 4.78 is 0. The van der Waals surface area contributed by atoms with E-state index >= 15 is 0 Å². The lowest BCUT2D eigenvalue weighted by Crippen LogP contribution is -2.59. The van der Waals surface area contributed by atoms with Crippen LogP contribution in [0.15, 0.2) is 0 Å². The molecule has 5 nitrogen and oxygen atoms in total. The number of hydrogen-bond donors (Lipinski definition) is 3. The largest absolute Gasteiger partial charge is 0.480 e. The van der Waals surface area contributed by atoms with Crippen molar-refractivity contribution in [3.05, 3.63) is 0 Å². The van der Waals surface area contributed by atoms with Crippen LogP contribution in [0.3, 0.4) is 0 Å². The van der Waals surface area contributed by atoms with Crippen molar-refractivity contribution in [2.24, 2.45) is 0 Å². The maximum absolute atomic E-state index is 12.2. The quantitative estimate of drug-likeness (QED) is 0.748. The predicted octanol–water partition coefficient (Wildman–Crippen LogP) is 3.19. The van der Waals surface area contributed by atoms with Gasteiger partial charge in [0.2, 0.25) is 0 Å². The molecule has 0 saturated heterocycles. The smallest absolute Gasteiger partial charge is 0.329 e. The van der Waals surface area contributed by atoms with Crippen LogP contribution in [0.4, 0.5) is 4.79 Å². The van der Waals surface area contributed by atoms with E-state index in [2.05, 4.69) is 10.6 Å². The molecule has 120 valence electrons. The third kappa shape index (κ3) is 4.61. The van der Waals surface area contributed by atoms with E-state index in [4.69, 9.17) is 0 Å². The first-order chi connectivity index (χ1) is 10.1. The molecular weight excluding hydrogens is 268 g/mol. The Morgan fingerprint density at radius 3 is 1.95 bits per heavy atom. The molecule has 2 fully saturated rings. The topological polar surface area (TPSA) is 78.4 Å². The lowest BCUT2D eigenvalue weighted by Gasteiger charge is -2.34. The van der Waals surface area contributed by atoms with E-state index in [0.717, 1.165) is 44.9 Å². The molecule has 2 aliphatic carbocycles. The standard InChI is InChI=1S/C16H28N2O3/c19-14(20)16(11-7-4-8-12-16)18-15(21)17-13-9-5-2-1-3-6-10-13/h13H,1-12H2,(H,19,20)(H2,17,18,21). The Kier molecular flexibility index (Phi) is 5.88. The molecule has 0 unspecified atom stereocenters. The summed E-state index contributed by atoms with van der Waals surface area (Å²) in [6.07, 6.45) is 12.0. The van der Waals surface area contributed by atoms with Gasteiger partial charge in [-0.2, -0.15) is 0 Å². The van der Waals surface area contributed by atoms with Crippen LogP contribution in [0.2, 0.25) is 0 Å². The Morgan fingerprint density at radius 2 is 1.38 bits per heavy atom. The fraction of sp³-hybridized carbons (Fsp3) is 0.875. The van der Waals surface area contributed by atoms with Gasteiger partial charge in [-0.1, -0.05) is 51.4 Å². The zero-order valence-corrected chi connectivity index (χ0v) is 12.8. The van der Waals surface area contributed by atoms with Gasteiger partial charge < -0.3 is 15.7 Å². The highest BCUT2D eigenvalue weighted by Gasteiger charge is 2.41. The highest BCUT2D eigenvalue weighted by molar-refractivity contribution is 5.86. The number of carbonyl (C=O) groups excluding carboxylic acids is 1. The molecule has 0 aromatic rings.